The first-order valence-electron chi connectivity index (χ1n) is 10.1. The standard InChI is InChI=1S/C20H25F3N4O2/c1-12(2)14-10-17(20(21,22)23)27-18(24-14)11-15(25-27)16-6-3-7-26(16)19(28)9-13-5-4-8-29-13/h10-13,16H,3-9H2,1-2H3/t13-,16+/m1/s1. The molecule has 0 saturated carbocycles. The van der Waals surface area contributed by atoms with Crippen LogP contribution in [-0.4, -0.2) is 44.7 Å². The highest BCUT2D eigenvalue weighted by Crippen LogP contribution is 2.35. The molecule has 2 aromatic heterocycles. The Kier molecular flexibility index (Phi) is 5.27. The van der Waals surface area contributed by atoms with Crippen LogP contribution in [0.5, 0.6) is 0 Å². The Bertz CT molecular complexity index is 903. The Morgan fingerprint density at radius 1 is 1.28 bits per heavy atom. The van der Waals surface area contributed by atoms with Crippen LogP contribution in [0.4, 0.5) is 13.2 Å². The number of likely N-dealkylation sites (tertiary alicyclic amines) is 1. The van der Waals surface area contributed by atoms with Crippen molar-refractivity contribution in [3.05, 3.63) is 29.2 Å². The van der Waals surface area contributed by atoms with Crippen LogP contribution in [-0.2, 0) is 15.7 Å². The predicted molar refractivity (Wildman–Crippen MR) is 99.4 cm³/mol. The molecule has 0 bridgehead atoms. The van der Waals surface area contributed by atoms with Gasteiger partial charge in [0.25, 0.3) is 0 Å². The molecule has 9 heteroatoms. The highest BCUT2D eigenvalue weighted by molar-refractivity contribution is 5.77. The second kappa shape index (κ2) is 7.59. The fourth-order valence-electron chi connectivity index (χ4n) is 4.16. The van der Waals surface area contributed by atoms with Crippen LogP contribution in [0, 0.1) is 0 Å². The molecule has 6 nitrogen and oxygen atoms in total. The fourth-order valence-corrected chi connectivity index (χ4v) is 4.16. The number of aromatic nitrogens is 3. The number of rotatable bonds is 4. The Labute approximate surface area is 167 Å². The van der Waals surface area contributed by atoms with Gasteiger partial charge in [0.05, 0.1) is 24.3 Å². The summed E-state index contributed by atoms with van der Waals surface area (Å²) >= 11 is 0. The van der Waals surface area contributed by atoms with Gasteiger partial charge in [-0.25, -0.2) is 9.50 Å². The van der Waals surface area contributed by atoms with Gasteiger partial charge in [0.15, 0.2) is 5.65 Å². The molecule has 2 aliphatic heterocycles. The molecule has 4 heterocycles. The van der Waals surface area contributed by atoms with Crippen LogP contribution in [0.25, 0.3) is 5.65 Å². The minimum Gasteiger partial charge on any atom is -0.378 e. The first-order valence-corrected chi connectivity index (χ1v) is 10.1. The minimum absolute atomic E-state index is 0.0247. The highest BCUT2D eigenvalue weighted by atomic mass is 19.4. The molecule has 0 aliphatic carbocycles. The summed E-state index contributed by atoms with van der Waals surface area (Å²) in [6.45, 7) is 4.87. The Balaban J connectivity index is 1.67. The van der Waals surface area contributed by atoms with Crippen LogP contribution >= 0.6 is 0 Å². The number of hydrogen-bond acceptors (Lipinski definition) is 4. The first-order chi connectivity index (χ1) is 13.7. The van der Waals surface area contributed by atoms with E-state index in [0.717, 1.165) is 29.8 Å². The van der Waals surface area contributed by atoms with Gasteiger partial charge < -0.3 is 9.64 Å². The van der Waals surface area contributed by atoms with E-state index in [0.29, 0.717) is 37.4 Å². The Morgan fingerprint density at radius 3 is 2.72 bits per heavy atom. The Hall–Kier alpha value is -2.16. The van der Waals surface area contributed by atoms with Gasteiger partial charge in [-0.1, -0.05) is 13.8 Å². The predicted octanol–water partition coefficient (Wildman–Crippen LogP) is 4.10. The third-order valence-corrected chi connectivity index (χ3v) is 5.69. The number of amides is 1. The quantitative estimate of drug-likeness (QED) is 0.761. The van der Waals surface area contributed by atoms with Crippen molar-refractivity contribution >= 4 is 11.6 Å². The van der Waals surface area contributed by atoms with Gasteiger partial charge in [-0.2, -0.15) is 18.3 Å². The van der Waals surface area contributed by atoms with E-state index >= 15 is 0 Å². The second-order valence-corrected chi connectivity index (χ2v) is 8.14. The third kappa shape index (κ3) is 3.97. The van der Waals surface area contributed by atoms with Crippen LogP contribution in [0.2, 0.25) is 0 Å². The number of hydrogen-bond donors (Lipinski definition) is 0. The highest BCUT2D eigenvalue weighted by Gasteiger charge is 2.37. The molecule has 0 unspecified atom stereocenters. The summed E-state index contributed by atoms with van der Waals surface area (Å²) in [5.74, 6) is -0.168. The van der Waals surface area contributed by atoms with Crippen molar-refractivity contribution in [1.82, 2.24) is 19.5 Å². The number of alkyl halides is 3. The number of nitrogens with zero attached hydrogens (tertiary/aromatic N) is 4. The number of halogens is 3. The van der Waals surface area contributed by atoms with E-state index in [1.807, 2.05) is 0 Å². The molecule has 2 aliphatic rings. The summed E-state index contributed by atoms with van der Waals surface area (Å²) in [5.41, 5.74) is 0.153. The van der Waals surface area contributed by atoms with Crippen molar-refractivity contribution in [3.63, 3.8) is 0 Å². The molecular formula is C20H25F3N4O2. The topological polar surface area (TPSA) is 59.7 Å². The second-order valence-electron chi connectivity index (χ2n) is 8.14. The van der Waals surface area contributed by atoms with E-state index in [-0.39, 0.29) is 29.6 Å². The van der Waals surface area contributed by atoms with Crippen LogP contribution in [0.1, 0.15) is 75.0 Å². The maximum atomic E-state index is 13.6. The molecule has 4 rings (SSSR count). The molecule has 2 fully saturated rings. The summed E-state index contributed by atoms with van der Waals surface area (Å²) in [6.07, 6.45) is -0.983. The van der Waals surface area contributed by atoms with E-state index in [1.54, 1.807) is 24.8 Å². The average Bonchev–Trinajstić information content (AvgIpc) is 3.38. The van der Waals surface area contributed by atoms with Crippen LogP contribution < -0.4 is 0 Å². The maximum Gasteiger partial charge on any atom is 0.433 e. The van der Waals surface area contributed by atoms with Crippen molar-refractivity contribution in [2.75, 3.05) is 13.2 Å². The monoisotopic (exact) mass is 410 g/mol. The maximum absolute atomic E-state index is 13.6. The van der Waals surface area contributed by atoms with Crippen molar-refractivity contribution in [3.8, 4) is 0 Å². The van der Waals surface area contributed by atoms with Crippen LogP contribution in [0.3, 0.4) is 0 Å². The molecule has 29 heavy (non-hydrogen) atoms. The number of carbonyl (C=O) groups is 1. The molecule has 2 aromatic rings. The molecule has 0 radical (unpaired) electrons. The third-order valence-electron chi connectivity index (χ3n) is 5.69. The van der Waals surface area contributed by atoms with Gasteiger partial charge >= 0.3 is 6.18 Å². The minimum atomic E-state index is -4.54. The van der Waals surface area contributed by atoms with Gasteiger partial charge in [0, 0.05) is 24.9 Å². The van der Waals surface area contributed by atoms with Crippen LogP contribution in [0.15, 0.2) is 12.1 Å². The molecular weight excluding hydrogens is 385 g/mol. The lowest BCUT2D eigenvalue weighted by Crippen LogP contribution is -2.33. The van der Waals surface area contributed by atoms with Gasteiger partial charge in [0.1, 0.15) is 5.69 Å². The largest absolute Gasteiger partial charge is 0.433 e. The summed E-state index contributed by atoms with van der Waals surface area (Å²) in [4.78, 5) is 18.9. The van der Waals surface area contributed by atoms with E-state index in [1.165, 1.54) is 0 Å². The molecule has 0 aromatic carbocycles. The zero-order valence-electron chi connectivity index (χ0n) is 16.6. The normalized spacial score (nSPS) is 22.9. The number of carbonyl (C=O) groups excluding carboxylic acids is 1. The van der Waals surface area contributed by atoms with Crippen molar-refractivity contribution in [2.24, 2.45) is 0 Å². The smallest absolute Gasteiger partial charge is 0.378 e. The summed E-state index contributed by atoms with van der Waals surface area (Å²) in [7, 11) is 0. The molecule has 158 valence electrons. The number of ether oxygens (including phenoxy) is 1. The summed E-state index contributed by atoms with van der Waals surface area (Å²) in [5, 5.41) is 4.24. The number of fused-ring (bicyclic) bond motifs is 1. The van der Waals surface area contributed by atoms with E-state index < -0.39 is 11.9 Å². The van der Waals surface area contributed by atoms with Gasteiger partial charge in [0.2, 0.25) is 5.91 Å². The summed E-state index contributed by atoms with van der Waals surface area (Å²) < 4.78 is 47.3. The molecule has 0 spiro atoms. The van der Waals surface area contributed by atoms with Gasteiger partial charge in [-0.15, -0.1) is 0 Å². The lowest BCUT2D eigenvalue weighted by atomic mass is 10.1. The lowest BCUT2D eigenvalue weighted by molar-refractivity contribution is -0.143. The first kappa shape index (κ1) is 20.1. The van der Waals surface area contributed by atoms with Crippen molar-refractivity contribution < 1.29 is 22.7 Å². The average molecular weight is 410 g/mol. The SMILES string of the molecule is CC(C)c1cc(C(F)(F)F)n2nc([C@@H]3CCCN3C(=O)C[C@H]3CCCO3)cc2n1. The van der Waals surface area contributed by atoms with Gasteiger partial charge in [-0.3, -0.25) is 4.79 Å². The van der Waals surface area contributed by atoms with Crippen molar-refractivity contribution in [2.45, 2.75) is 70.2 Å². The van der Waals surface area contributed by atoms with Gasteiger partial charge in [-0.05, 0) is 37.7 Å². The summed E-state index contributed by atoms with van der Waals surface area (Å²) in [6, 6.07) is 2.32. The fraction of sp³-hybridized carbons (Fsp3) is 0.650. The van der Waals surface area contributed by atoms with Crippen molar-refractivity contribution in [1.29, 1.82) is 0 Å². The molecule has 2 saturated heterocycles. The zero-order valence-corrected chi connectivity index (χ0v) is 16.6. The van der Waals surface area contributed by atoms with E-state index in [9.17, 15) is 18.0 Å². The molecule has 2 atom stereocenters. The zero-order chi connectivity index (χ0) is 20.8. The molecule has 0 N–H and O–H groups in total. The lowest BCUT2D eigenvalue weighted by Gasteiger charge is -2.24. The van der Waals surface area contributed by atoms with E-state index in [4.69, 9.17) is 4.74 Å². The van der Waals surface area contributed by atoms with E-state index in [2.05, 4.69) is 10.1 Å². The molecule has 1 amide bonds. The Morgan fingerprint density at radius 2 is 2.07 bits per heavy atom.